The maximum atomic E-state index is 16.9. The SMILES string of the molecule is CC(=O)OCC(=O)[C@H]1CC[C@H]2[C@@H]3CCC4=CC(=O)CC[C@]4(C)[C@@]3(F)[C@@H](O)C[C@]12C. The van der Waals surface area contributed by atoms with Crippen LogP contribution in [0.5, 0.6) is 0 Å². The number of aliphatic hydroxyl groups is 1. The number of carbonyl (C=O) groups is 3. The summed E-state index contributed by atoms with van der Waals surface area (Å²) in [5.41, 5.74) is -2.27. The van der Waals surface area contributed by atoms with E-state index in [0.29, 0.717) is 32.1 Å². The molecule has 7 atom stereocenters. The zero-order valence-electron chi connectivity index (χ0n) is 17.5. The topological polar surface area (TPSA) is 80.7 Å². The molecular weight excluding hydrogens is 375 g/mol. The molecule has 5 nitrogen and oxygen atoms in total. The van der Waals surface area contributed by atoms with Gasteiger partial charge in [0.1, 0.15) is 12.3 Å². The Morgan fingerprint density at radius 2 is 1.93 bits per heavy atom. The number of fused-ring (bicyclic) bond motifs is 5. The number of ether oxygens (including phenoxy) is 1. The second-order valence-corrected chi connectivity index (χ2v) is 10.1. The molecule has 4 aliphatic carbocycles. The van der Waals surface area contributed by atoms with E-state index in [-0.39, 0.29) is 42.3 Å². The maximum Gasteiger partial charge on any atom is 0.303 e. The second kappa shape index (κ2) is 6.73. The summed E-state index contributed by atoms with van der Waals surface area (Å²) in [5.74, 6) is -1.24. The van der Waals surface area contributed by atoms with E-state index >= 15 is 4.39 Å². The van der Waals surface area contributed by atoms with Gasteiger partial charge in [0.2, 0.25) is 0 Å². The van der Waals surface area contributed by atoms with E-state index in [1.165, 1.54) is 6.92 Å². The summed E-state index contributed by atoms with van der Waals surface area (Å²) in [6.07, 6.45) is 4.04. The normalized spacial score (nSPS) is 46.2. The molecule has 29 heavy (non-hydrogen) atoms. The standard InChI is InChI=1S/C23H31FO5/c1-13(25)29-12-19(27)18-7-6-16-17-5-4-14-10-15(26)8-9-22(14,3)23(17,24)20(28)11-21(16,18)2/h10,16-18,20,28H,4-9,11-12H2,1-3H3/t16-,17-,18+,20-,21-,22-,23-/m0/s1. The molecule has 0 aromatic heterocycles. The number of hydrogen-bond donors (Lipinski definition) is 1. The molecule has 0 amide bonds. The molecule has 4 rings (SSSR count). The molecule has 3 saturated carbocycles. The summed E-state index contributed by atoms with van der Waals surface area (Å²) in [6.45, 7) is 4.90. The number of carbonyl (C=O) groups excluding carboxylic acids is 3. The summed E-state index contributed by atoms with van der Waals surface area (Å²) in [4.78, 5) is 35.8. The fourth-order valence-electron chi connectivity index (χ4n) is 7.37. The minimum Gasteiger partial charge on any atom is -0.458 e. The van der Waals surface area contributed by atoms with Crippen molar-refractivity contribution in [3.63, 3.8) is 0 Å². The Labute approximate surface area is 171 Å². The first kappa shape index (κ1) is 20.7. The summed E-state index contributed by atoms with van der Waals surface area (Å²) < 4.78 is 21.8. The van der Waals surface area contributed by atoms with Gasteiger partial charge in [0.15, 0.2) is 11.6 Å². The first-order valence-corrected chi connectivity index (χ1v) is 10.8. The van der Waals surface area contributed by atoms with Crippen LogP contribution in [0.1, 0.15) is 65.7 Å². The predicted octanol–water partition coefficient (Wildman–Crippen LogP) is 3.33. The van der Waals surface area contributed by atoms with Crippen LogP contribution in [-0.2, 0) is 19.1 Å². The highest BCUT2D eigenvalue weighted by molar-refractivity contribution is 5.91. The van der Waals surface area contributed by atoms with Crippen LogP contribution in [0.25, 0.3) is 0 Å². The molecule has 0 bridgehead atoms. The molecule has 4 aliphatic rings. The van der Waals surface area contributed by atoms with Gasteiger partial charge < -0.3 is 9.84 Å². The molecule has 0 spiro atoms. The van der Waals surface area contributed by atoms with Crippen LogP contribution in [0.3, 0.4) is 0 Å². The summed E-state index contributed by atoms with van der Waals surface area (Å²) in [6, 6.07) is 0. The molecule has 0 radical (unpaired) electrons. The zero-order chi connectivity index (χ0) is 21.2. The van der Waals surface area contributed by atoms with Crippen molar-refractivity contribution in [3.8, 4) is 0 Å². The summed E-state index contributed by atoms with van der Waals surface area (Å²) >= 11 is 0. The highest BCUT2D eigenvalue weighted by Crippen LogP contribution is 2.69. The molecule has 0 aromatic carbocycles. The second-order valence-electron chi connectivity index (χ2n) is 10.1. The molecule has 3 fully saturated rings. The average Bonchev–Trinajstić information content (AvgIpc) is 2.98. The van der Waals surface area contributed by atoms with Crippen LogP contribution < -0.4 is 0 Å². The van der Waals surface area contributed by atoms with E-state index in [1.54, 1.807) is 6.08 Å². The minimum absolute atomic E-state index is 0.00168. The smallest absolute Gasteiger partial charge is 0.303 e. The van der Waals surface area contributed by atoms with Gasteiger partial charge in [-0.25, -0.2) is 4.39 Å². The number of esters is 1. The Morgan fingerprint density at radius 3 is 2.62 bits per heavy atom. The number of Topliss-reactive ketones (excluding diaryl/α,β-unsaturated/α-hetero) is 1. The number of allylic oxidation sites excluding steroid dienone is 1. The lowest BCUT2D eigenvalue weighted by Gasteiger charge is -2.62. The molecule has 0 saturated heterocycles. The molecule has 0 aliphatic heterocycles. The Hall–Kier alpha value is -1.56. The van der Waals surface area contributed by atoms with Crippen molar-refractivity contribution < 1.29 is 28.6 Å². The van der Waals surface area contributed by atoms with Crippen LogP contribution >= 0.6 is 0 Å². The van der Waals surface area contributed by atoms with Crippen molar-refractivity contribution in [2.24, 2.45) is 28.6 Å². The van der Waals surface area contributed by atoms with Crippen molar-refractivity contribution in [2.45, 2.75) is 77.5 Å². The fourth-order valence-corrected chi connectivity index (χ4v) is 7.37. The van der Waals surface area contributed by atoms with Crippen molar-refractivity contribution in [1.29, 1.82) is 0 Å². The highest BCUT2D eigenvalue weighted by Gasteiger charge is 2.71. The minimum atomic E-state index is -1.78. The Balaban J connectivity index is 1.66. The van der Waals surface area contributed by atoms with Crippen LogP contribution in [0.2, 0.25) is 0 Å². The predicted molar refractivity (Wildman–Crippen MR) is 104 cm³/mol. The molecule has 160 valence electrons. The highest BCUT2D eigenvalue weighted by atomic mass is 19.1. The van der Waals surface area contributed by atoms with Crippen molar-refractivity contribution in [3.05, 3.63) is 11.6 Å². The number of rotatable bonds is 3. The van der Waals surface area contributed by atoms with E-state index in [9.17, 15) is 19.5 Å². The van der Waals surface area contributed by atoms with E-state index in [2.05, 4.69) is 0 Å². The third-order valence-corrected chi connectivity index (χ3v) is 8.84. The average molecular weight is 406 g/mol. The van der Waals surface area contributed by atoms with E-state index in [1.807, 2.05) is 13.8 Å². The lowest BCUT2D eigenvalue weighted by atomic mass is 9.44. The van der Waals surface area contributed by atoms with Gasteiger partial charge in [0.25, 0.3) is 0 Å². The van der Waals surface area contributed by atoms with Crippen LogP contribution in [0.15, 0.2) is 11.6 Å². The van der Waals surface area contributed by atoms with Gasteiger partial charge in [0.05, 0.1) is 6.10 Å². The molecule has 0 unspecified atom stereocenters. The largest absolute Gasteiger partial charge is 0.458 e. The zero-order valence-corrected chi connectivity index (χ0v) is 17.5. The van der Waals surface area contributed by atoms with Gasteiger partial charge in [-0.1, -0.05) is 19.4 Å². The Morgan fingerprint density at radius 1 is 1.21 bits per heavy atom. The van der Waals surface area contributed by atoms with E-state index in [0.717, 1.165) is 12.0 Å². The third-order valence-electron chi connectivity index (χ3n) is 8.84. The number of alkyl halides is 1. The quantitative estimate of drug-likeness (QED) is 0.727. The number of halogens is 1. The van der Waals surface area contributed by atoms with Gasteiger partial charge in [-0.15, -0.1) is 0 Å². The van der Waals surface area contributed by atoms with Gasteiger partial charge in [0, 0.05) is 30.6 Å². The number of aliphatic hydroxyl groups excluding tert-OH is 1. The van der Waals surface area contributed by atoms with Crippen molar-refractivity contribution in [1.82, 2.24) is 0 Å². The maximum absolute atomic E-state index is 16.9. The lowest BCUT2D eigenvalue weighted by molar-refractivity contribution is -0.208. The molecule has 6 heteroatoms. The van der Waals surface area contributed by atoms with Gasteiger partial charge in [-0.05, 0) is 55.9 Å². The monoisotopic (exact) mass is 406 g/mol. The van der Waals surface area contributed by atoms with Crippen LogP contribution in [0, 0.1) is 28.6 Å². The van der Waals surface area contributed by atoms with E-state index < -0.39 is 28.6 Å². The van der Waals surface area contributed by atoms with Crippen molar-refractivity contribution in [2.75, 3.05) is 6.61 Å². The number of ketones is 2. The Bertz CT molecular complexity index is 790. The van der Waals surface area contributed by atoms with Gasteiger partial charge in [-0.2, -0.15) is 0 Å². The van der Waals surface area contributed by atoms with E-state index in [4.69, 9.17) is 4.74 Å². The molecule has 1 N–H and O–H groups in total. The summed E-state index contributed by atoms with van der Waals surface area (Å²) in [7, 11) is 0. The van der Waals surface area contributed by atoms with Crippen LogP contribution in [0.4, 0.5) is 4.39 Å². The van der Waals surface area contributed by atoms with Crippen molar-refractivity contribution >= 4 is 17.5 Å². The fraction of sp³-hybridized carbons (Fsp3) is 0.783. The molecule has 0 aromatic rings. The van der Waals surface area contributed by atoms with Gasteiger partial charge >= 0.3 is 5.97 Å². The first-order valence-electron chi connectivity index (χ1n) is 10.8. The molecular formula is C23H31FO5. The lowest BCUT2D eigenvalue weighted by Crippen LogP contribution is -2.67. The van der Waals surface area contributed by atoms with Crippen LogP contribution in [-0.4, -0.2) is 41.0 Å². The Kier molecular flexibility index (Phi) is 4.80. The summed E-state index contributed by atoms with van der Waals surface area (Å²) in [5, 5.41) is 11.2. The van der Waals surface area contributed by atoms with Gasteiger partial charge in [-0.3, -0.25) is 14.4 Å². The third kappa shape index (κ3) is 2.77. The number of hydrogen-bond acceptors (Lipinski definition) is 5. The first-order chi connectivity index (χ1) is 13.5. The molecule has 0 heterocycles.